The van der Waals surface area contributed by atoms with Crippen molar-refractivity contribution >= 4 is 19.4 Å². The summed E-state index contributed by atoms with van der Waals surface area (Å²) in [6, 6.07) is 21.4. The first kappa shape index (κ1) is 18.9. The molecule has 3 aromatic carbocycles. The molecule has 4 nitrogen and oxygen atoms in total. The second-order valence-corrected chi connectivity index (χ2v) is 7.02. The molecule has 0 amide bonds. The molecule has 0 saturated heterocycles. The Balaban J connectivity index is 2.00. The molecular weight excluding hydrogens is 359 g/mol. The minimum Gasteiger partial charge on any atom is -0.496 e. The van der Waals surface area contributed by atoms with Crippen LogP contribution in [0.5, 0.6) is 17.2 Å². The second kappa shape index (κ2) is 8.70. The summed E-state index contributed by atoms with van der Waals surface area (Å²) in [5, 5.41) is 0.980. The minimum atomic E-state index is -0.0634. The first-order chi connectivity index (χ1) is 13.2. The smallest absolute Gasteiger partial charge is 0.193 e. The molecule has 0 radical (unpaired) electrons. The van der Waals surface area contributed by atoms with Crippen molar-refractivity contribution in [3.05, 3.63) is 72.3 Å². The molecule has 0 aliphatic carbocycles. The lowest BCUT2D eigenvalue weighted by atomic mass is 10.1. The Bertz CT molecular complexity index is 913. The van der Waals surface area contributed by atoms with Crippen molar-refractivity contribution in [2.75, 3.05) is 21.3 Å². The van der Waals surface area contributed by atoms with Gasteiger partial charge in [-0.05, 0) is 25.0 Å². The van der Waals surface area contributed by atoms with Gasteiger partial charge < -0.3 is 14.2 Å². The third kappa shape index (κ3) is 4.12. The second-order valence-electron chi connectivity index (χ2n) is 5.77. The van der Waals surface area contributed by atoms with E-state index in [2.05, 4.69) is 0 Å². The summed E-state index contributed by atoms with van der Waals surface area (Å²) >= 11 is 0. The van der Waals surface area contributed by atoms with Crippen LogP contribution in [-0.4, -0.2) is 26.9 Å². The highest BCUT2D eigenvalue weighted by Gasteiger charge is 2.21. The van der Waals surface area contributed by atoms with Crippen LogP contribution in [0, 0.1) is 0 Å². The Hall–Kier alpha value is -2.84. The summed E-state index contributed by atoms with van der Waals surface area (Å²) in [5.41, 5.74) is 2.52. The highest BCUT2D eigenvalue weighted by molar-refractivity contribution is 7.66. The van der Waals surface area contributed by atoms with E-state index in [1.165, 1.54) is 14.2 Å². The number of carbonyl (C=O) groups excluding carboxylic acids is 1. The topological polar surface area (TPSA) is 44.8 Å². The fraction of sp³-hybridized carbons (Fsp3) is 0.136. The molecule has 27 heavy (non-hydrogen) atoms. The number of hydrogen-bond acceptors (Lipinski definition) is 4. The standard InChI is InChI=1S/C22H21O4P/c1-24-16-13-18(25-2)21(19(14-16)26-3)22(23)27-20-12-8-7-11-17(20)15-9-5-4-6-10-15/h4-14,27H,1-3H3. The van der Waals surface area contributed by atoms with Crippen LogP contribution >= 0.6 is 8.58 Å². The van der Waals surface area contributed by atoms with E-state index in [0.717, 1.165) is 16.4 Å². The SMILES string of the molecule is COc1cc(OC)c(C(=O)Pc2ccccc2-c2ccccc2)c(OC)c1. The largest absolute Gasteiger partial charge is 0.496 e. The maximum atomic E-state index is 13.2. The lowest BCUT2D eigenvalue weighted by Crippen LogP contribution is -2.07. The first-order valence-corrected chi connectivity index (χ1v) is 9.43. The van der Waals surface area contributed by atoms with Gasteiger partial charge in [-0.2, -0.15) is 0 Å². The number of rotatable bonds is 7. The van der Waals surface area contributed by atoms with Crippen molar-refractivity contribution in [3.8, 4) is 28.4 Å². The zero-order valence-electron chi connectivity index (χ0n) is 15.5. The molecule has 0 aliphatic rings. The third-order valence-electron chi connectivity index (χ3n) is 4.20. The van der Waals surface area contributed by atoms with Gasteiger partial charge in [0, 0.05) is 12.1 Å². The maximum absolute atomic E-state index is 13.2. The van der Waals surface area contributed by atoms with E-state index in [-0.39, 0.29) is 14.1 Å². The molecule has 0 aromatic heterocycles. The zero-order chi connectivity index (χ0) is 19.2. The van der Waals surface area contributed by atoms with E-state index < -0.39 is 0 Å². The summed E-state index contributed by atoms with van der Waals surface area (Å²) in [5.74, 6) is 1.47. The number of ether oxygens (including phenoxy) is 3. The molecule has 0 fully saturated rings. The molecule has 0 heterocycles. The summed E-state index contributed by atoms with van der Waals surface area (Å²) in [6.45, 7) is 0. The van der Waals surface area contributed by atoms with Crippen LogP contribution in [0.15, 0.2) is 66.7 Å². The molecule has 3 rings (SSSR count). The van der Waals surface area contributed by atoms with Gasteiger partial charge in [0.25, 0.3) is 0 Å². The van der Waals surface area contributed by atoms with E-state index in [0.29, 0.717) is 22.8 Å². The highest BCUT2D eigenvalue weighted by atomic mass is 31.1. The predicted octanol–water partition coefficient (Wildman–Crippen LogP) is 4.52. The normalized spacial score (nSPS) is 10.8. The van der Waals surface area contributed by atoms with Crippen molar-refractivity contribution in [2.45, 2.75) is 0 Å². The molecular formula is C22H21O4P. The summed E-state index contributed by atoms with van der Waals surface area (Å²) in [6.07, 6.45) is 0. The van der Waals surface area contributed by atoms with E-state index in [4.69, 9.17) is 14.2 Å². The minimum absolute atomic E-state index is 0.0465. The molecule has 1 atom stereocenters. The lowest BCUT2D eigenvalue weighted by molar-refractivity contribution is 0.108. The molecule has 0 bridgehead atoms. The molecule has 0 aliphatic heterocycles. The number of hydrogen-bond donors (Lipinski definition) is 0. The van der Waals surface area contributed by atoms with Gasteiger partial charge in [0.15, 0.2) is 5.52 Å². The summed E-state index contributed by atoms with van der Waals surface area (Å²) in [4.78, 5) is 13.2. The van der Waals surface area contributed by atoms with Gasteiger partial charge in [-0.3, -0.25) is 4.79 Å². The monoisotopic (exact) mass is 380 g/mol. The number of benzene rings is 3. The van der Waals surface area contributed by atoms with E-state index in [1.807, 2.05) is 54.6 Å². The van der Waals surface area contributed by atoms with Gasteiger partial charge in [0.05, 0.1) is 21.3 Å². The van der Waals surface area contributed by atoms with E-state index >= 15 is 0 Å². The van der Waals surface area contributed by atoms with E-state index in [9.17, 15) is 4.79 Å². The van der Waals surface area contributed by atoms with Crippen LogP contribution in [0.1, 0.15) is 10.4 Å². The van der Waals surface area contributed by atoms with Gasteiger partial charge in [-0.15, -0.1) is 0 Å². The van der Waals surface area contributed by atoms with Crippen LogP contribution in [0.3, 0.4) is 0 Å². The van der Waals surface area contributed by atoms with Gasteiger partial charge in [-0.25, -0.2) is 0 Å². The zero-order valence-corrected chi connectivity index (χ0v) is 16.5. The Labute approximate surface area is 160 Å². The molecule has 1 unspecified atom stereocenters. The Morgan fingerprint density at radius 3 is 1.96 bits per heavy atom. The van der Waals surface area contributed by atoms with Crippen molar-refractivity contribution < 1.29 is 19.0 Å². The number of methoxy groups -OCH3 is 3. The van der Waals surface area contributed by atoms with Crippen molar-refractivity contribution in [2.24, 2.45) is 0 Å². The maximum Gasteiger partial charge on any atom is 0.193 e. The van der Waals surface area contributed by atoms with Gasteiger partial charge in [-0.1, -0.05) is 54.6 Å². The van der Waals surface area contributed by atoms with Crippen molar-refractivity contribution in [1.29, 1.82) is 0 Å². The van der Waals surface area contributed by atoms with Crippen molar-refractivity contribution in [3.63, 3.8) is 0 Å². The fourth-order valence-corrected chi connectivity index (χ4v) is 4.03. The van der Waals surface area contributed by atoms with Crippen LogP contribution in [0.25, 0.3) is 11.1 Å². The van der Waals surface area contributed by atoms with Crippen LogP contribution in [0.4, 0.5) is 0 Å². The first-order valence-electron chi connectivity index (χ1n) is 8.43. The molecule has 138 valence electrons. The predicted molar refractivity (Wildman–Crippen MR) is 110 cm³/mol. The molecule has 5 heteroatoms. The van der Waals surface area contributed by atoms with Gasteiger partial charge >= 0.3 is 0 Å². The van der Waals surface area contributed by atoms with Crippen LogP contribution in [-0.2, 0) is 0 Å². The van der Waals surface area contributed by atoms with Gasteiger partial charge in [0.1, 0.15) is 22.8 Å². The average molecular weight is 380 g/mol. The third-order valence-corrected chi connectivity index (χ3v) is 5.38. The quantitative estimate of drug-likeness (QED) is 0.565. The highest BCUT2D eigenvalue weighted by Crippen LogP contribution is 2.38. The Morgan fingerprint density at radius 1 is 0.778 bits per heavy atom. The van der Waals surface area contributed by atoms with Crippen LogP contribution < -0.4 is 19.5 Å². The van der Waals surface area contributed by atoms with Gasteiger partial charge in [0.2, 0.25) is 0 Å². The molecule has 3 aromatic rings. The Kier molecular flexibility index (Phi) is 6.10. The molecule has 0 saturated carbocycles. The molecule has 0 N–H and O–H groups in total. The lowest BCUT2D eigenvalue weighted by Gasteiger charge is -2.15. The fourth-order valence-electron chi connectivity index (χ4n) is 2.88. The number of carbonyl (C=O) groups is 1. The van der Waals surface area contributed by atoms with Crippen molar-refractivity contribution in [1.82, 2.24) is 0 Å². The summed E-state index contributed by atoms with van der Waals surface area (Å²) < 4.78 is 16.1. The average Bonchev–Trinajstić information content (AvgIpc) is 2.73. The van der Waals surface area contributed by atoms with Crippen LogP contribution in [0.2, 0.25) is 0 Å². The van der Waals surface area contributed by atoms with E-state index in [1.54, 1.807) is 19.2 Å². The Morgan fingerprint density at radius 2 is 1.37 bits per heavy atom. The molecule has 0 spiro atoms. The summed E-state index contributed by atoms with van der Waals surface area (Å²) in [7, 11) is 4.57.